The third-order valence-electron chi connectivity index (χ3n) is 4.95. The number of pyridine rings is 1. The van der Waals surface area contributed by atoms with E-state index in [1.165, 1.54) is 25.0 Å². The molecule has 0 fully saturated rings. The van der Waals surface area contributed by atoms with E-state index in [-0.39, 0.29) is 11.7 Å². The molecule has 2 aromatic carbocycles. The van der Waals surface area contributed by atoms with Gasteiger partial charge < -0.3 is 21.0 Å². The van der Waals surface area contributed by atoms with Gasteiger partial charge in [0.2, 0.25) is 0 Å². The molecule has 0 aliphatic carbocycles. The van der Waals surface area contributed by atoms with Gasteiger partial charge in [-0.25, -0.2) is 9.78 Å². The van der Waals surface area contributed by atoms with Crippen LogP contribution in [0.2, 0.25) is 0 Å². The summed E-state index contributed by atoms with van der Waals surface area (Å²) in [5.74, 6) is 0.155. The molecule has 6 N–H and O–H groups in total. The predicted octanol–water partition coefficient (Wildman–Crippen LogP) is 2.32. The number of imidazole rings is 1. The lowest BCUT2D eigenvalue weighted by molar-refractivity contribution is -0.140. The highest BCUT2D eigenvalue weighted by atomic mass is 16.7. The van der Waals surface area contributed by atoms with E-state index in [0.29, 0.717) is 45.0 Å². The van der Waals surface area contributed by atoms with Gasteiger partial charge in [-0.05, 0) is 48.5 Å². The largest absolute Gasteiger partial charge is 0.496 e. The van der Waals surface area contributed by atoms with Crippen molar-refractivity contribution in [3.8, 4) is 28.4 Å². The first-order chi connectivity index (χ1) is 15.8. The molecule has 10 heteroatoms. The lowest BCUT2D eigenvalue weighted by Gasteiger charge is -2.12. The van der Waals surface area contributed by atoms with Gasteiger partial charge in [-0.15, -0.1) is 0 Å². The molecule has 0 spiro atoms. The van der Waals surface area contributed by atoms with Crippen molar-refractivity contribution in [2.45, 2.75) is 6.92 Å². The van der Waals surface area contributed by atoms with Crippen molar-refractivity contribution >= 4 is 28.7 Å². The number of ether oxygens (including phenoxy) is 1. The van der Waals surface area contributed by atoms with Crippen LogP contribution in [0.15, 0.2) is 54.7 Å². The van der Waals surface area contributed by atoms with Crippen molar-refractivity contribution in [3.63, 3.8) is 0 Å². The highest BCUT2D eigenvalue weighted by Crippen LogP contribution is 2.35. The van der Waals surface area contributed by atoms with Gasteiger partial charge in [-0.2, -0.15) is 4.73 Å². The van der Waals surface area contributed by atoms with E-state index in [4.69, 9.17) is 31.9 Å². The number of rotatable bonds is 6. The first-order valence-electron chi connectivity index (χ1n) is 9.83. The van der Waals surface area contributed by atoms with Gasteiger partial charge in [0.25, 0.3) is 0 Å². The fourth-order valence-corrected chi connectivity index (χ4v) is 3.38. The fraction of sp³-hybridized carbons (Fsp3) is 0.0870. The molecular weight excluding hydrogens is 422 g/mol. The zero-order valence-electron chi connectivity index (χ0n) is 17.9. The fourth-order valence-electron chi connectivity index (χ4n) is 3.38. The van der Waals surface area contributed by atoms with Crippen LogP contribution in [0.1, 0.15) is 18.1 Å². The van der Waals surface area contributed by atoms with Crippen LogP contribution < -0.4 is 21.0 Å². The molecule has 2 heterocycles. The van der Waals surface area contributed by atoms with E-state index in [0.717, 1.165) is 5.56 Å². The molecule has 0 saturated carbocycles. The minimum atomic E-state index is -0.525. The topological polar surface area (TPSA) is 166 Å². The van der Waals surface area contributed by atoms with E-state index >= 15 is 0 Å². The molecule has 33 heavy (non-hydrogen) atoms. The Bertz CT molecular complexity index is 1410. The molecule has 0 amide bonds. The number of nitrogen functional groups attached to an aromatic ring is 2. The lowest BCUT2D eigenvalue weighted by atomic mass is 10.1. The third-order valence-corrected chi connectivity index (χ3v) is 4.95. The molecule has 0 atom stereocenters. The first kappa shape index (κ1) is 21.5. The molecule has 0 aliphatic heterocycles. The van der Waals surface area contributed by atoms with Crippen molar-refractivity contribution in [2.75, 3.05) is 7.11 Å². The second kappa shape index (κ2) is 8.42. The van der Waals surface area contributed by atoms with Crippen molar-refractivity contribution in [2.24, 2.45) is 11.5 Å². The van der Waals surface area contributed by atoms with Crippen molar-refractivity contribution in [1.82, 2.24) is 14.7 Å². The number of fused-ring (bicyclic) bond motifs is 1. The minimum Gasteiger partial charge on any atom is -0.496 e. The number of nitrogens with two attached hydrogens (primary N) is 2. The average molecular weight is 443 g/mol. The summed E-state index contributed by atoms with van der Waals surface area (Å²) in [5, 5.41) is 15.2. The summed E-state index contributed by atoms with van der Waals surface area (Å²) in [5.41, 5.74) is 15.1. The van der Waals surface area contributed by atoms with Crippen LogP contribution in [0.5, 0.6) is 5.75 Å². The zero-order chi connectivity index (χ0) is 23.7. The molecule has 166 valence electrons. The Morgan fingerprint density at radius 1 is 1.00 bits per heavy atom. The maximum Gasteiger partial charge on any atom is 0.329 e. The van der Waals surface area contributed by atoms with Gasteiger partial charge in [0, 0.05) is 29.8 Å². The summed E-state index contributed by atoms with van der Waals surface area (Å²) < 4.78 is 6.87. The Labute approximate surface area is 188 Å². The van der Waals surface area contributed by atoms with E-state index in [1.807, 2.05) is 12.1 Å². The van der Waals surface area contributed by atoms with Gasteiger partial charge in [-0.3, -0.25) is 15.8 Å². The van der Waals surface area contributed by atoms with Gasteiger partial charge in [0.1, 0.15) is 22.9 Å². The number of carbonyl (C=O) groups excluding carboxylic acids is 1. The molecule has 2 aromatic heterocycles. The minimum absolute atomic E-state index is 0.0653. The SMILES string of the molecule is COc1ccc(-c2ccc(C(=N)N)cn2)cc1-c1nc2cc(C(=N)N)ccc2n1OC(C)=O. The van der Waals surface area contributed by atoms with Crippen LogP contribution in [0, 0.1) is 10.8 Å². The van der Waals surface area contributed by atoms with Gasteiger partial charge in [0.05, 0.1) is 23.9 Å². The van der Waals surface area contributed by atoms with E-state index < -0.39 is 5.97 Å². The zero-order valence-corrected chi connectivity index (χ0v) is 17.9. The predicted molar refractivity (Wildman–Crippen MR) is 124 cm³/mol. The summed E-state index contributed by atoms with van der Waals surface area (Å²) in [6, 6.07) is 13.9. The Balaban J connectivity index is 1.91. The number of methoxy groups -OCH3 is 1. The van der Waals surface area contributed by atoms with Crippen LogP contribution in [0.25, 0.3) is 33.7 Å². The van der Waals surface area contributed by atoms with Crippen LogP contribution in [-0.2, 0) is 4.79 Å². The summed E-state index contributed by atoms with van der Waals surface area (Å²) in [6.07, 6.45) is 1.53. The Hall–Kier alpha value is -4.73. The molecule has 4 rings (SSSR count). The van der Waals surface area contributed by atoms with Crippen LogP contribution in [0.3, 0.4) is 0 Å². The lowest BCUT2D eigenvalue weighted by Crippen LogP contribution is -2.17. The van der Waals surface area contributed by atoms with Gasteiger partial charge in [-0.1, -0.05) is 0 Å². The highest BCUT2D eigenvalue weighted by Gasteiger charge is 2.20. The number of nitrogens with one attached hydrogen (secondary N) is 2. The van der Waals surface area contributed by atoms with E-state index in [9.17, 15) is 4.79 Å². The van der Waals surface area contributed by atoms with Crippen LogP contribution in [0.4, 0.5) is 0 Å². The van der Waals surface area contributed by atoms with Crippen molar-refractivity contribution in [3.05, 3.63) is 65.9 Å². The summed E-state index contributed by atoms with van der Waals surface area (Å²) >= 11 is 0. The maximum absolute atomic E-state index is 11.8. The molecule has 0 bridgehead atoms. The molecule has 0 saturated heterocycles. The van der Waals surface area contributed by atoms with Crippen molar-refractivity contribution < 1.29 is 14.4 Å². The van der Waals surface area contributed by atoms with E-state index in [1.54, 1.807) is 36.4 Å². The van der Waals surface area contributed by atoms with Crippen LogP contribution in [-0.4, -0.2) is 39.4 Å². The molecule has 0 aliphatic rings. The first-order valence-corrected chi connectivity index (χ1v) is 9.83. The summed E-state index contributed by atoms with van der Waals surface area (Å²) in [7, 11) is 1.53. The molecule has 0 radical (unpaired) electrons. The van der Waals surface area contributed by atoms with E-state index in [2.05, 4.69) is 9.97 Å². The maximum atomic E-state index is 11.8. The highest BCUT2D eigenvalue weighted by molar-refractivity contribution is 5.98. The average Bonchev–Trinajstić information content (AvgIpc) is 3.15. The quantitative estimate of drug-likeness (QED) is 0.262. The molecule has 10 nitrogen and oxygen atoms in total. The number of aromatic nitrogens is 3. The standard InChI is InChI=1S/C23H21N7O3/c1-12(31)33-30-19-7-4-14(21(24)25)10-18(19)29-23(30)16-9-13(5-8-20(16)32-2)17-6-3-15(11-28-17)22(26)27/h3-11H,1-2H3,(H3,24,25)(H3,26,27). The number of nitrogens with zero attached hydrogens (tertiary/aromatic N) is 3. The van der Waals surface area contributed by atoms with Gasteiger partial charge in [0.15, 0.2) is 5.82 Å². The molecule has 4 aromatic rings. The molecule has 0 unspecified atom stereocenters. The number of hydrogen-bond acceptors (Lipinski definition) is 7. The number of benzene rings is 2. The number of hydrogen-bond donors (Lipinski definition) is 4. The number of carbonyl (C=O) groups is 1. The Morgan fingerprint density at radius 2 is 1.73 bits per heavy atom. The second-order valence-corrected chi connectivity index (χ2v) is 7.19. The molecular formula is C23H21N7O3. The van der Waals surface area contributed by atoms with Crippen molar-refractivity contribution in [1.29, 1.82) is 10.8 Å². The summed E-state index contributed by atoms with van der Waals surface area (Å²) in [6.45, 7) is 1.30. The normalized spacial score (nSPS) is 10.7. The Kier molecular flexibility index (Phi) is 5.49. The summed E-state index contributed by atoms with van der Waals surface area (Å²) in [4.78, 5) is 26.4. The van der Waals surface area contributed by atoms with Gasteiger partial charge >= 0.3 is 5.97 Å². The second-order valence-electron chi connectivity index (χ2n) is 7.19. The third kappa shape index (κ3) is 4.09. The number of amidine groups is 2. The smallest absolute Gasteiger partial charge is 0.329 e. The Morgan fingerprint density at radius 3 is 2.33 bits per heavy atom. The monoisotopic (exact) mass is 443 g/mol. The van der Waals surface area contributed by atoms with Crippen LogP contribution >= 0.6 is 0 Å².